The summed E-state index contributed by atoms with van der Waals surface area (Å²) in [7, 11) is 17.4. The number of carbonyl (C=O) groups is 5. The van der Waals surface area contributed by atoms with Crippen LogP contribution < -0.4 is 35.9 Å². The fraction of sp³-hybridized carbons (Fsp3) is 0.690. The zero-order valence-corrected chi connectivity index (χ0v) is 64.7. The van der Waals surface area contributed by atoms with Crippen molar-refractivity contribution in [3.8, 4) is 11.5 Å². The summed E-state index contributed by atoms with van der Waals surface area (Å²) in [5.74, 6) is 1.57. The van der Waals surface area contributed by atoms with E-state index in [4.69, 9.17) is 5.11 Å². The predicted molar refractivity (Wildman–Crippen MR) is 379 cm³/mol. The number of quaternary nitrogens is 2. The van der Waals surface area contributed by atoms with Gasteiger partial charge in [0.15, 0.2) is 12.1 Å². The number of aliphatic imine (C=N–C) groups is 1. The van der Waals surface area contributed by atoms with Crippen molar-refractivity contribution in [3.05, 3.63) is 58.7 Å². The van der Waals surface area contributed by atoms with Gasteiger partial charge in [0.05, 0.1) is 5.92 Å². The molecule has 0 bridgehead atoms. The Morgan fingerprint density at radius 3 is 1.18 bits per heavy atom. The van der Waals surface area contributed by atoms with Crippen molar-refractivity contribution in [2.24, 2.45) is 46.4 Å². The minimum atomic E-state index is -0.708. The lowest BCUT2D eigenvalue weighted by Gasteiger charge is -2.24. The standard InChI is InChI=1S/C18H30N2O2.C18H28N2O2.C8H17NO.C7H16N2O.C6H12O2.CH4.2ClH.S4.S3.S2.H2S/c2*1-12(2)15(17(22)20(6)7)19-11-13-9-8-10-14(16(13)21)18(3,4)5;1-6(2)7(3)8(10)9(4)5;1-5(2)6(8)7(10)9(3)4;1-4(2)5(3)6(7)8;;;;1-3-4-2;1-3-2;1-2;/h8-10,12,15,19,21H,11H2,1-7H3;8-12,15,21H,1-7H3;6-7H,1-5H3;5-6H,8H2,1-4H3;4-5H,1-3H3,(H,7,8);1H4;2*1H;;;;1H2/t2*15-;7-;6-;5-;;;;;;;/m00000......./s1. The van der Waals surface area contributed by atoms with Gasteiger partial charge in [-0.1, -0.05) is 156 Å². The van der Waals surface area contributed by atoms with Crippen LogP contribution in [0, 0.1) is 41.4 Å². The number of aromatic hydroxyl groups is 2. The van der Waals surface area contributed by atoms with Gasteiger partial charge >= 0.3 is 5.97 Å². The number of nitrogens with zero attached hydrogens (tertiary/aromatic N) is 5. The lowest BCUT2D eigenvalue weighted by Crippen LogP contribution is -3.00. The highest BCUT2D eigenvalue weighted by Gasteiger charge is 2.29. The van der Waals surface area contributed by atoms with Gasteiger partial charge in [-0.05, 0) is 51.8 Å². The Morgan fingerprint density at radius 1 is 0.576 bits per heavy atom. The average molecular weight is 1430 g/mol. The van der Waals surface area contributed by atoms with E-state index in [1.54, 1.807) is 89.1 Å². The fourth-order valence-corrected chi connectivity index (χ4v) is 6.38. The number of phenolic OH excluding ortho intramolecular Hbond substituents is 2. The van der Waals surface area contributed by atoms with E-state index in [2.05, 4.69) is 133 Å². The van der Waals surface area contributed by atoms with Gasteiger partial charge in [0.1, 0.15) is 24.1 Å². The van der Waals surface area contributed by atoms with Crippen LogP contribution in [0.3, 0.4) is 0 Å². The number of likely N-dealkylation sites (N-methyl/N-ethyl adjacent to an activating group) is 3. The van der Waals surface area contributed by atoms with Crippen LogP contribution in [-0.4, -0.2) is 145 Å². The number of carboxylic acids is 1. The van der Waals surface area contributed by atoms with Crippen molar-refractivity contribution in [2.75, 3.05) is 56.4 Å². The zero-order chi connectivity index (χ0) is 65.6. The normalized spacial score (nSPS) is 11.9. The van der Waals surface area contributed by atoms with E-state index in [1.807, 2.05) is 104 Å². The maximum absolute atomic E-state index is 12.2. The fourth-order valence-electron chi connectivity index (χ4n) is 6.38. The van der Waals surface area contributed by atoms with Crippen LogP contribution in [0.25, 0.3) is 0 Å². The van der Waals surface area contributed by atoms with Gasteiger partial charge < -0.3 is 70.8 Å². The SMILES string of the molecule is C.CC(C)[C@H](C)C(=O)N(C)C.CC(C)[C@H](C)C(=O)O.CC(C)[C@H](N=Cc1cccc(C(C)(C)C)c1O)C(=O)N(C)C.CC(C)[C@H]([NH2+]Cc1cccc(C(C)(C)C)c1O)C(=O)N(C)C.CC(C)[C@H]([NH3+])C(=O)N(C)C.S.S=S.S=S=S.S=S=S=S.[Cl-].[Cl-]. The molecule has 0 fully saturated rings. The molecule has 0 aliphatic rings. The summed E-state index contributed by atoms with van der Waals surface area (Å²) in [6.07, 6.45) is 1.61. The zero-order valence-electron chi connectivity index (χ0n) is 54.9. The number of hydrogen-bond donors (Lipinski definition) is 5. The Morgan fingerprint density at radius 2 is 0.929 bits per heavy atom. The number of carboxylic acid groups (broad SMARTS) is 1. The Kier molecular flexibility index (Phi) is 68.8. The molecule has 4 amide bonds. The third-order valence-corrected chi connectivity index (χ3v) is 14.6. The highest BCUT2D eigenvalue weighted by molar-refractivity contribution is 8.51. The molecule has 0 spiro atoms. The molecule has 5 atom stereocenters. The largest absolute Gasteiger partial charge is 1.00 e. The molecule has 0 unspecified atom stereocenters. The number of carbonyl (C=O) groups excluding carboxylic acids is 4. The van der Waals surface area contributed by atoms with E-state index in [0.29, 0.717) is 29.7 Å². The Balaban J connectivity index is -0.000000103. The smallest absolute Gasteiger partial charge is 0.306 e. The van der Waals surface area contributed by atoms with Gasteiger partial charge in [-0.15, -0.1) is 0 Å². The highest BCUT2D eigenvalue weighted by Crippen LogP contribution is 2.33. The first-order valence-corrected chi connectivity index (χ1v) is 34.5. The second kappa shape index (κ2) is 55.9. The van der Waals surface area contributed by atoms with E-state index >= 15 is 0 Å². The van der Waals surface area contributed by atoms with Crippen LogP contribution >= 0.6 is 13.5 Å². The summed E-state index contributed by atoms with van der Waals surface area (Å²) < 4.78 is 0. The number of aliphatic carboxylic acids is 1. The van der Waals surface area contributed by atoms with Crippen LogP contribution in [0.5, 0.6) is 11.5 Å². The summed E-state index contributed by atoms with van der Waals surface area (Å²) in [6, 6.07) is 10.8. The number of nitrogens with two attached hydrogens (primary N) is 1. The van der Waals surface area contributed by atoms with Gasteiger partial charge in [0.25, 0.3) is 11.8 Å². The van der Waals surface area contributed by atoms with Gasteiger partial charge in [-0.2, -0.15) is 13.5 Å². The van der Waals surface area contributed by atoms with Gasteiger partial charge in [-0.3, -0.25) is 29.0 Å². The van der Waals surface area contributed by atoms with Crippen molar-refractivity contribution in [2.45, 2.75) is 168 Å². The number of para-hydroxylation sites is 2. The number of benzene rings is 2. The van der Waals surface area contributed by atoms with Gasteiger partial charge in [0, 0.05) is 185 Å². The Hall–Kier alpha value is -2.11. The molecule has 0 aromatic heterocycles. The molecule has 27 heteroatoms. The highest BCUT2D eigenvalue weighted by atomic mass is 35.5. The van der Waals surface area contributed by atoms with Crippen LogP contribution in [0.15, 0.2) is 41.4 Å². The number of hydrogen-bond acceptors (Lipinski definition) is 14. The van der Waals surface area contributed by atoms with Gasteiger partial charge in [-0.25, -0.2) is 0 Å². The first kappa shape index (κ1) is 105. The summed E-state index contributed by atoms with van der Waals surface area (Å²) in [4.78, 5) is 67.7. The summed E-state index contributed by atoms with van der Waals surface area (Å²) in [5, 5.41) is 31.3. The quantitative estimate of drug-likeness (QED) is 0.161. The van der Waals surface area contributed by atoms with Crippen molar-refractivity contribution in [1.82, 2.24) is 19.6 Å². The molecule has 2 aromatic rings. The summed E-state index contributed by atoms with van der Waals surface area (Å²) >= 11 is 24.2. The first-order valence-electron chi connectivity index (χ1n) is 26.5. The molecule has 0 radical (unpaired) electrons. The predicted octanol–water partition coefficient (Wildman–Crippen LogP) is 1.89. The number of amides is 4. The van der Waals surface area contributed by atoms with E-state index in [9.17, 15) is 34.2 Å². The third-order valence-electron chi connectivity index (χ3n) is 12.3. The Bertz CT molecular complexity index is 2280. The van der Waals surface area contributed by atoms with Gasteiger partial charge in [0.2, 0.25) is 11.8 Å². The molecule has 0 saturated heterocycles. The van der Waals surface area contributed by atoms with E-state index in [0.717, 1.165) is 25.6 Å². The first-order chi connectivity index (χ1) is 36.9. The molecule has 15 nitrogen and oxygen atoms in total. The Labute approximate surface area is 573 Å². The molecule has 8 N–H and O–H groups in total. The van der Waals surface area contributed by atoms with Crippen molar-refractivity contribution >= 4 is 143 Å². The lowest BCUT2D eigenvalue weighted by atomic mass is 9.85. The maximum atomic E-state index is 12.2. The molecule has 0 heterocycles. The molecule has 2 aromatic carbocycles. The van der Waals surface area contributed by atoms with Crippen LogP contribution in [-0.2, 0) is 135 Å². The second-order valence-corrected chi connectivity index (χ2v) is 28.9. The number of phenols is 2. The van der Waals surface area contributed by atoms with E-state index < -0.39 is 12.0 Å². The van der Waals surface area contributed by atoms with Crippen LogP contribution in [0.1, 0.15) is 154 Å². The average Bonchev–Trinajstić information content (AvgIpc) is 3.36. The van der Waals surface area contributed by atoms with E-state index in [1.165, 1.54) is 17.8 Å². The second-order valence-electron chi connectivity index (χ2n) is 23.6. The molecule has 500 valence electrons. The number of rotatable bonds is 15. The molecule has 2 rings (SSSR count). The molecular formula is C58H111Cl2N7O8S10. The molecule has 85 heavy (non-hydrogen) atoms. The third kappa shape index (κ3) is 47.5. The maximum Gasteiger partial charge on any atom is 0.306 e. The topological polar surface area (TPSA) is 216 Å². The minimum Gasteiger partial charge on any atom is -1.00 e. The molecule has 0 aliphatic heterocycles. The van der Waals surface area contributed by atoms with Crippen molar-refractivity contribution in [1.29, 1.82) is 0 Å². The summed E-state index contributed by atoms with van der Waals surface area (Å²) in [5.41, 5.74) is 6.86. The van der Waals surface area contributed by atoms with Crippen LogP contribution in [0.4, 0.5) is 0 Å². The van der Waals surface area contributed by atoms with Crippen molar-refractivity contribution < 1.29 is 75.2 Å². The number of halogens is 2. The molecular weight excluding hydrogens is 1310 g/mol. The van der Waals surface area contributed by atoms with Crippen LogP contribution in [0.2, 0.25) is 0 Å². The molecule has 0 saturated carbocycles. The summed E-state index contributed by atoms with van der Waals surface area (Å²) in [6.45, 7) is 36.6. The van der Waals surface area contributed by atoms with E-state index in [-0.39, 0.29) is 128 Å². The van der Waals surface area contributed by atoms with Crippen molar-refractivity contribution in [3.63, 3.8) is 0 Å². The molecule has 0 aliphatic carbocycles. The monoisotopic (exact) mass is 1420 g/mol. The minimum absolute atomic E-state index is 0. The lowest BCUT2D eigenvalue weighted by molar-refractivity contribution is -0.698.